The van der Waals surface area contributed by atoms with Crippen LogP contribution >= 0.6 is 0 Å². The first-order chi connectivity index (χ1) is 11.1. The van der Waals surface area contributed by atoms with Gasteiger partial charge < -0.3 is 10.1 Å². The molecule has 1 aromatic carbocycles. The van der Waals surface area contributed by atoms with Gasteiger partial charge in [-0.25, -0.2) is 0 Å². The van der Waals surface area contributed by atoms with Crippen molar-refractivity contribution in [2.75, 3.05) is 26.7 Å². The first kappa shape index (κ1) is 17.8. The van der Waals surface area contributed by atoms with E-state index < -0.39 is 0 Å². The van der Waals surface area contributed by atoms with Gasteiger partial charge in [-0.2, -0.15) is 0 Å². The Bertz CT molecular complexity index is 478. The van der Waals surface area contributed by atoms with Crippen LogP contribution in [0.3, 0.4) is 0 Å². The van der Waals surface area contributed by atoms with Crippen molar-refractivity contribution in [2.24, 2.45) is 11.8 Å². The predicted octanol–water partition coefficient (Wildman–Crippen LogP) is 2.94. The maximum absolute atomic E-state index is 12.2. The summed E-state index contributed by atoms with van der Waals surface area (Å²) < 4.78 is 5.67. The fourth-order valence-corrected chi connectivity index (χ4v) is 3.20. The van der Waals surface area contributed by atoms with E-state index in [9.17, 15) is 4.79 Å². The first-order valence-corrected chi connectivity index (χ1v) is 8.72. The van der Waals surface area contributed by atoms with Crippen molar-refractivity contribution in [3.63, 3.8) is 0 Å². The second kappa shape index (κ2) is 8.92. The molecule has 1 fully saturated rings. The number of para-hydroxylation sites is 1. The summed E-state index contributed by atoms with van der Waals surface area (Å²) in [6.07, 6.45) is 3.61. The molecule has 0 unspecified atom stereocenters. The van der Waals surface area contributed by atoms with E-state index in [2.05, 4.69) is 19.2 Å². The molecule has 1 saturated carbocycles. The molecule has 0 spiro atoms. The van der Waals surface area contributed by atoms with E-state index in [1.807, 2.05) is 42.3 Å². The van der Waals surface area contributed by atoms with Gasteiger partial charge in [-0.1, -0.05) is 44.9 Å². The molecule has 0 bridgehead atoms. The number of carbonyl (C=O) groups is 1. The van der Waals surface area contributed by atoms with Crippen molar-refractivity contribution in [3.8, 4) is 5.75 Å². The Kier molecular flexibility index (Phi) is 6.90. The number of amides is 1. The number of likely N-dealkylation sites (N-methyl/N-ethyl adjacent to an activating group) is 1. The number of ether oxygens (including phenoxy) is 1. The topological polar surface area (TPSA) is 41.6 Å². The van der Waals surface area contributed by atoms with Crippen molar-refractivity contribution >= 4 is 5.91 Å². The average Bonchev–Trinajstić information content (AvgIpc) is 2.53. The van der Waals surface area contributed by atoms with Crippen LogP contribution < -0.4 is 10.1 Å². The minimum Gasteiger partial charge on any atom is -0.492 e. The van der Waals surface area contributed by atoms with Gasteiger partial charge in [0.25, 0.3) is 0 Å². The van der Waals surface area contributed by atoms with Crippen LogP contribution in [0.5, 0.6) is 5.75 Å². The van der Waals surface area contributed by atoms with Gasteiger partial charge in [0, 0.05) is 12.6 Å². The third-order valence-electron chi connectivity index (χ3n) is 4.95. The van der Waals surface area contributed by atoms with Crippen LogP contribution in [-0.4, -0.2) is 43.6 Å². The molecule has 4 heteroatoms. The predicted molar refractivity (Wildman–Crippen MR) is 93.5 cm³/mol. The van der Waals surface area contributed by atoms with Gasteiger partial charge in [0.15, 0.2) is 0 Å². The highest BCUT2D eigenvalue weighted by Gasteiger charge is 2.28. The minimum absolute atomic E-state index is 0.123. The molecule has 1 aliphatic carbocycles. The summed E-state index contributed by atoms with van der Waals surface area (Å²) >= 11 is 0. The minimum atomic E-state index is 0.123. The van der Waals surface area contributed by atoms with Gasteiger partial charge in [-0.3, -0.25) is 9.69 Å². The Balaban J connectivity index is 1.66. The number of rotatable bonds is 7. The molecule has 4 nitrogen and oxygen atoms in total. The Morgan fingerprint density at radius 2 is 2.00 bits per heavy atom. The Morgan fingerprint density at radius 1 is 1.26 bits per heavy atom. The maximum Gasteiger partial charge on any atom is 0.234 e. The molecule has 128 valence electrons. The SMILES string of the molecule is C[C@@H]1[C@@H](C)CCC[C@H]1NC(=O)CN(C)CCOc1ccccc1. The summed E-state index contributed by atoms with van der Waals surface area (Å²) in [5.74, 6) is 2.26. The molecule has 0 aromatic heterocycles. The zero-order valence-electron chi connectivity index (χ0n) is 14.6. The standard InChI is InChI=1S/C19H30N2O2/c1-15-8-7-11-18(16(15)2)20-19(22)14-21(3)12-13-23-17-9-5-4-6-10-17/h4-6,9-10,15-16,18H,7-8,11-14H2,1-3H3,(H,20,22)/t15-,16+,18+/m0/s1. The summed E-state index contributed by atoms with van der Waals surface area (Å²) in [5, 5.41) is 3.22. The van der Waals surface area contributed by atoms with Gasteiger partial charge in [0.2, 0.25) is 5.91 Å². The number of hydrogen-bond donors (Lipinski definition) is 1. The molecule has 1 amide bonds. The number of benzene rings is 1. The normalized spacial score (nSPS) is 24.4. The maximum atomic E-state index is 12.2. The second-order valence-corrected chi connectivity index (χ2v) is 6.84. The molecule has 3 atom stereocenters. The largest absolute Gasteiger partial charge is 0.492 e. The summed E-state index contributed by atoms with van der Waals surface area (Å²) in [4.78, 5) is 14.2. The fourth-order valence-electron chi connectivity index (χ4n) is 3.20. The third kappa shape index (κ3) is 5.87. The van der Waals surface area contributed by atoms with Crippen molar-refractivity contribution in [3.05, 3.63) is 30.3 Å². The van der Waals surface area contributed by atoms with Crippen LogP contribution in [0.15, 0.2) is 30.3 Å². The van der Waals surface area contributed by atoms with Crippen LogP contribution in [0, 0.1) is 11.8 Å². The summed E-state index contributed by atoms with van der Waals surface area (Å²) in [5.41, 5.74) is 0. The lowest BCUT2D eigenvalue weighted by Crippen LogP contribution is -2.47. The molecular weight excluding hydrogens is 288 g/mol. The summed E-state index contributed by atoms with van der Waals surface area (Å²) in [6, 6.07) is 10.1. The van der Waals surface area contributed by atoms with E-state index in [1.165, 1.54) is 12.8 Å². The van der Waals surface area contributed by atoms with Gasteiger partial charge in [-0.05, 0) is 37.4 Å². The van der Waals surface area contributed by atoms with Crippen LogP contribution in [0.2, 0.25) is 0 Å². The molecule has 0 heterocycles. The van der Waals surface area contributed by atoms with Gasteiger partial charge >= 0.3 is 0 Å². The lowest BCUT2D eigenvalue weighted by atomic mass is 9.78. The molecule has 0 saturated heterocycles. The number of nitrogens with one attached hydrogen (secondary N) is 1. The molecule has 2 rings (SSSR count). The van der Waals surface area contributed by atoms with E-state index in [1.54, 1.807) is 0 Å². The Hall–Kier alpha value is -1.55. The number of hydrogen-bond acceptors (Lipinski definition) is 3. The van der Waals surface area contributed by atoms with Crippen LogP contribution in [0.4, 0.5) is 0 Å². The third-order valence-corrected chi connectivity index (χ3v) is 4.95. The lowest BCUT2D eigenvalue weighted by Gasteiger charge is -2.35. The highest BCUT2D eigenvalue weighted by molar-refractivity contribution is 5.78. The van der Waals surface area contributed by atoms with E-state index >= 15 is 0 Å². The monoisotopic (exact) mass is 318 g/mol. The smallest absolute Gasteiger partial charge is 0.234 e. The first-order valence-electron chi connectivity index (χ1n) is 8.72. The van der Waals surface area contributed by atoms with E-state index in [4.69, 9.17) is 4.74 Å². The Labute approximate surface area is 140 Å². The number of carbonyl (C=O) groups excluding carboxylic acids is 1. The molecular formula is C19H30N2O2. The van der Waals surface area contributed by atoms with Crippen LogP contribution in [-0.2, 0) is 4.79 Å². The van der Waals surface area contributed by atoms with Gasteiger partial charge in [0.1, 0.15) is 12.4 Å². The highest BCUT2D eigenvalue weighted by atomic mass is 16.5. The molecule has 1 N–H and O–H groups in total. The van der Waals surface area contributed by atoms with Gasteiger partial charge in [0.05, 0.1) is 6.54 Å². The lowest BCUT2D eigenvalue weighted by molar-refractivity contribution is -0.123. The van der Waals surface area contributed by atoms with Gasteiger partial charge in [-0.15, -0.1) is 0 Å². The molecule has 23 heavy (non-hydrogen) atoms. The second-order valence-electron chi connectivity index (χ2n) is 6.84. The van der Waals surface area contributed by atoms with Crippen LogP contribution in [0.1, 0.15) is 33.1 Å². The zero-order chi connectivity index (χ0) is 16.7. The zero-order valence-corrected chi connectivity index (χ0v) is 14.6. The van der Waals surface area contributed by atoms with Crippen molar-refractivity contribution < 1.29 is 9.53 Å². The van der Waals surface area contributed by atoms with E-state index in [-0.39, 0.29) is 5.91 Å². The molecule has 1 aliphatic rings. The average molecular weight is 318 g/mol. The van der Waals surface area contributed by atoms with Crippen molar-refractivity contribution in [2.45, 2.75) is 39.2 Å². The Morgan fingerprint density at radius 3 is 2.74 bits per heavy atom. The molecule has 0 aliphatic heterocycles. The quantitative estimate of drug-likeness (QED) is 0.840. The highest BCUT2D eigenvalue weighted by Crippen LogP contribution is 2.29. The fraction of sp³-hybridized carbons (Fsp3) is 0.632. The van der Waals surface area contributed by atoms with E-state index in [0.717, 1.165) is 18.7 Å². The molecule has 1 aromatic rings. The summed E-state index contributed by atoms with van der Waals surface area (Å²) in [6.45, 7) is 6.29. The van der Waals surface area contributed by atoms with E-state index in [0.29, 0.717) is 31.0 Å². The number of nitrogens with zero attached hydrogens (tertiary/aromatic N) is 1. The van der Waals surface area contributed by atoms with Crippen LogP contribution in [0.25, 0.3) is 0 Å². The summed E-state index contributed by atoms with van der Waals surface area (Å²) in [7, 11) is 1.96. The van der Waals surface area contributed by atoms with Crippen molar-refractivity contribution in [1.29, 1.82) is 0 Å². The molecule has 0 radical (unpaired) electrons. The van der Waals surface area contributed by atoms with Crippen molar-refractivity contribution in [1.82, 2.24) is 10.2 Å².